The molecule has 0 radical (unpaired) electrons. The third kappa shape index (κ3) is 2.61. The van der Waals surface area contributed by atoms with Gasteiger partial charge in [-0.25, -0.2) is 4.79 Å². The lowest BCUT2D eigenvalue weighted by molar-refractivity contribution is -0.131. The Balaban J connectivity index is 0.000000209. The van der Waals surface area contributed by atoms with E-state index in [-0.39, 0.29) is 6.10 Å². The van der Waals surface area contributed by atoms with Crippen LogP contribution in [0.5, 0.6) is 0 Å². The second-order valence-corrected chi connectivity index (χ2v) is 6.50. The zero-order valence-electron chi connectivity index (χ0n) is 11.1. The molecule has 0 aromatic rings. The summed E-state index contributed by atoms with van der Waals surface area (Å²) in [6, 6.07) is 0. The zero-order chi connectivity index (χ0) is 13.3. The summed E-state index contributed by atoms with van der Waals surface area (Å²) in [4.78, 5) is 9.25. The third-order valence-corrected chi connectivity index (χ3v) is 5.15. The van der Waals surface area contributed by atoms with Crippen molar-refractivity contribution in [1.29, 1.82) is 0 Å². The van der Waals surface area contributed by atoms with Gasteiger partial charge in [0.1, 0.15) is 0 Å². The van der Waals surface area contributed by atoms with Gasteiger partial charge in [0.25, 0.3) is 0 Å². The molecule has 0 aromatic heterocycles. The van der Waals surface area contributed by atoms with Crippen molar-refractivity contribution < 1.29 is 15.0 Å². The molecule has 4 saturated carbocycles. The third-order valence-electron chi connectivity index (χ3n) is 5.15. The van der Waals surface area contributed by atoms with Crippen LogP contribution in [0.15, 0.2) is 12.7 Å². The molecular weight excluding hydrogens is 228 g/mol. The second kappa shape index (κ2) is 5.04. The first-order valence-corrected chi connectivity index (χ1v) is 6.98. The van der Waals surface area contributed by atoms with Gasteiger partial charge in [-0.15, -0.1) is 0 Å². The topological polar surface area (TPSA) is 57.5 Å². The molecule has 4 rings (SSSR count). The van der Waals surface area contributed by atoms with Crippen molar-refractivity contribution in [3.8, 4) is 0 Å². The molecule has 4 aliphatic carbocycles. The second-order valence-electron chi connectivity index (χ2n) is 6.50. The van der Waals surface area contributed by atoms with Gasteiger partial charge in [0.05, 0.1) is 6.10 Å². The molecule has 1 atom stereocenters. The van der Waals surface area contributed by atoms with E-state index in [4.69, 9.17) is 5.11 Å². The quantitative estimate of drug-likeness (QED) is 0.743. The van der Waals surface area contributed by atoms with Crippen LogP contribution in [0.3, 0.4) is 0 Å². The summed E-state index contributed by atoms with van der Waals surface area (Å²) in [6.45, 7) is 4.98. The van der Waals surface area contributed by atoms with Gasteiger partial charge in [-0.2, -0.15) is 0 Å². The minimum absolute atomic E-state index is 0.0547. The van der Waals surface area contributed by atoms with Gasteiger partial charge in [-0.05, 0) is 68.6 Å². The van der Waals surface area contributed by atoms with Crippen LogP contribution in [0, 0.1) is 23.2 Å². The lowest BCUT2D eigenvalue weighted by atomic mass is 9.48. The van der Waals surface area contributed by atoms with Crippen molar-refractivity contribution in [1.82, 2.24) is 0 Å². The van der Waals surface area contributed by atoms with E-state index in [2.05, 4.69) is 6.58 Å². The highest BCUT2D eigenvalue weighted by Gasteiger charge is 2.52. The Bertz CT molecular complexity index is 297. The van der Waals surface area contributed by atoms with Crippen LogP contribution in [0.4, 0.5) is 0 Å². The van der Waals surface area contributed by atoms with Crippen molar-refractivity contribution in [2.45, 2.75) is 51.6 Å². The molecule has 2 N–H and O–H groups in total. The van der Waals surface area contributed by atoms with Gasteiger partial charge < -0.3 is 10.2 Å². The van der Waals surface area contributed by atoms with Crippen molar-refractivity contribution in [2.24, 2.45) is 23.2 Å². The minimum Gasteiger partial charge on any atom is -0.478 e. The summed E-state index contributed by atoms with van der Waals surface area (Å²) in [5, 5.41) is 17.5. The highest BCUT2D eigenvalue weighted by molar-refractivity contribution is 5.78. The van der Waals surface area contributed by atoms with Gasteiger partial charge in [-0.3, -0.25) is 0 Å². The molecule has 4 fully saturated rings. The van der Waals surface area contributed by atoms with Crippen molar-refractivity contribution in [2.75, 3.05) is 0 Å². The van der Waals surface area contributed by atoms with E-state index in [0.717, 1.165) is 23.8 Å². The Morgan fingerprint density at radius 2 is 1.56 bits per heavy atom. The summed E-state index contributed by atoms with van der Waals surface area (Å²) in [6.07, 6.45) is 9.20. The van der Waals surface area contributed by atoms with Crippen molar-refractivity contribution in [3.63, 3.8) is 0 Å². The lowest BCUT2D eigenvalue weighted by Crippen LogP contribution is -2.50. The first-order chi connectivity index (χ1) is 8.45. The molecule has 0 aromatic carbocycles. The molecule has 18 heavy (non-hydrogen) atoms. The van der Waals surface area contributed by atoms with Crippen LogP contribution < -0.4 is 0 Å². The van der Waals surface area contributed by atoms with E-state index >= 15 is 0 Å². The maximum Gasteiger partial charge on any atom is 0.327 e. The van der Waals surface area contributed by atoms with E-state index in [1.165, 1.54) is 38.5 Å². The van der Waals surface area contributed by atoms with Crippen LogP contribution >= 0.6 is 0 Å². The summed E-state index contributed by atoms with van der Waals surface area (Å²) in [5.74, 6) is 1.94. The van der Waals surface area contributed by atoms with Gasteiger partial charge >= 0.3 is 5.97 Å². The molecule has 1 unspecified atom stereocenters. The van der Waals surface area contributed by atoms with Crippen molar-refractivity contribution in [3.05, 3.63) is 12.7 Å². The van der Waals surface area contributed by atoms with E-state index in [9.17, 15) is 9.90 Å². The van der Waals surface area contributed by atoms with Gasteiger partial charge in [-0.1, -0.05) is 6.58 Å². The fourth-order valence-corrected chi connectivity index (χ4v) is 4.69. The molecule has 0 amide bonds. The molecule has 0 saturated heterocycles. The molecular formula is C15H24O3. The van der Waals surface area contributed by atoms with Crippen LogP contribution in [0.25, 0.3) is 0 Å². The highest BCUT2D eigenvalue weighted by atomic mass is 16.4. The van der Waals surface area contributed by atoms with E-state index in [0.29, 0.717) is 5.41 Å². The monoisotopic (exact) mass is 252 g/mol. The average Bonchev–Trinajstić information content (AvgIpc) is 2.27. The van der Waals surface area contributed by atoms with Crippen LogP contribution in [0.1, 0.15) is 45.4 Å². The molecule has 3 nitrogen and oxygen atoms in total. The summed E-state index contributed by atoms with van der Waals surface area (Å²) >= 11 is 0. The van der Waals surface area contributed by atoms with Crippen LogP contribution in [-0.2, 0) is 4.79 Å². The van der Waals surface area contributed by atoms with E-state index < -0.39 is 5.97 Å². The number of aliphatic hydroxyl groups excluding tert-OH is 1. The number of carbonyl (C=O) groups is 1. The zero-order valence-corrected chi connectivity index (χ0v) is 11.1. The first kappa shape index (κ1) is 13.6. The number of hydrogen-bond acceptors (Lipinski definition) is 2. The van der Waals surface area contributed by atoms with E-state index in [1.807, 2.05) is 6.92 Å². The molecule has 102 valence electrons. The van der Waals surface area contributed by atoms with Crippen molar-refractivity contribution >= 4 is 5.97 Å². The Labute approximate surface area is 109 Å². The first-order valence-electron chi connectivity index (χ1n) is 6.98. The lowest BCUT2D eigenvalue weighted by Gasteiger charge is -2.58. The standard InChI is InChI=1S/C12H20O.C3H4O2/c1-8(13)12-5-9-2-10(6-12)4-11(3-9)7-12;1-2-3(4)5/h8-11,13H,2-7H2,1H3;2H,1H2,(H,4,5). The molecule has 0 heterocycles. The molecule has 4 aliphatic rings. The number of hydrogen-bond donors (Lipinski definition) is 2. The average molecular weight is 252 g/mol. The number of aliphatic carboxylic acids is 1. The van der Waals surface area contributed by atoms with Gasteiger partial charge in [0, 0.05) is 6.08 Å². The van der Waals surface area contributed by atoms with E-state index in [1.54, 1.807) is 0 Å². The van der Waals surface area contributed by atoms with Crippen LogP contribution in [0.2, 0.25) is 0 Å². The largest absolute Gasteiger partial charge is 0.478 e. The number of rotatable bonds is 2. The van der Waals surface area contributed by atoms with Gasteiger partial charge in [0.2, 0.25) is 0 Å². The fourth-order valence-electron chi connectivity index (χ4n) is 4.69. The Morgan fingerprint density at radius 3 is 1.78 bits per heavy atom. The molecule has 0 aliphatic heterocycles. The van der Waals surface area contributed by atoms with Crippen LogP contribution in [-0.4, -0.2) is 22.3 Å². The normalized spacial score (nSPS) is 41.8. The summed E-state index contributed by atoms with van der Waals surface area (Å²) in [7, 11) is 0. The fraction of sp³-hybridized carbons (Fsp3) is 0.800. The predicted molar refractivity (Wildman–Crippen MR) is 70.1 cm³/mol. The molecule has 0 spiro atoms. The molecule has 3 heteroatoms. The smallest absolute Gasteiger partial charge is 0.327 e. The number of aliphatic hydroxyl groups is 1. The maximum atomic E-state index is 9.92. The van der Waals surface area contributed by atoms with Gasteiger partial charge in [0.15, 0.2) is 0 Å². The Morgan fingerprint density at radius 1 is 1.22 bits per heavy atom. The molecule has 4 bridgehead atoms. The minimum atomic E-state index is -0.981. The number of carboxylic acid groups (broad SMARTS) is 1. The highest BCUT2D eigenvalue weighted by Crippen LogP contribution is 2.61. The predicted octanol–water partition coefficient (Wildman–Crippen LogP) is 2.84. The SMILES string of the molecule is C=CC(=O)O.CC(O)C12CC3CC(CC(C3)C1)C2. The summed E-state index contributed by atoms with van der Waals surface area (Å²) in [5.41, 5.74) is 0.356. The Kier molecular flexibility index (Phi) is 3.81. The maximum absolute atomic E-state index is 9.92. The summed E-state index contributed by atoms with van der Waals surface area (Å²) < 4.78 is 0. The number of carboxylic acids is 1. The Hall–Kier alpha value is -0.830.